The molecule has 1 aromatic heterocycles. The monoisotopic (exact) mass is 320 g/mol. The van der Waals surface area contributed by atoms with Gasteiger partial charge in [0.1, 0.15) is 0 Å². The molecule has 0 saturated carbocycles. The maximum absolute atomic E-state index is 14.1. The first-order chi connectivity index (χ1) is 10.7. The zero-order valence-corrected chi connectivity index (χ0v) is 13.8. The van der Waals surface area contributed by atoms with E-state index >= 15 is 0 Å². The molecule has 1 aliphatic rings. The number of halogens is 1. The van der Waals surface area contributed by atoms with Crippen molar-refractivity contribution in [2.75, 3.05) is 33.3 Å². The molecule has 2 heterocycles. The van der Waals surface area contributed by atoms with Crippen LogP contribution in [0.4, 0.5) is 4.39 Å². The minimum atomic E-state index is -0.298. The highest BCUT2D eigenvalue weighted by molar-refractivity contribution is 7.12. The van der Waals surface area contributed by atoms with Crippen LogP contribution in [0.2, 0.25) is 0 Å². The lowest BCUT2D eigenvalue weighted by Crippen LogP contribution is -2.45. The number of rotatable bonds is 4. The third kappa shape index (κ3) is 3.16. The van der Waals surface area contributed by atoms with E-state index < -0.39 is 0 Å². The van der Waals surface area contributed by atoms with Crippen molar-refractivity contribution in [3.8, 4) is 5.75 Å². The molecule has 1 saturated heterocycles. The van der Waals surface area contributed by atoms with Gasteiger partial charge in [-0.3, -0.25) is 4.90 Å². The predicted molar refractivity (Wildman–Crippen MR) is 88.3 cm³/mol. The topological polar surface area (TPSA) is 24.5 Å². The van der Waals surface area contributed by atoms with Crippen molar-refractivity contribution in [1.29, 1.82) is 0 Å². The molecule has 118 valence electrons. The zero-order valence-electron chi connectivity index (χ0n) is 12.9. The standard InChI is InChI=1S/C17H21FN2OS/c1-12-3-6-16(22-12)17(20-9-7-19-8-10-20)13-4-5-15(21-2)14(18)11-13/h3-6,11,17,19H,7-10H2,1-2H3. The molecular formula is C17H21FN2OS. The molecule has 22 heavy (non-hydrogen) atoms. The van der Waals surface area contributed by atoms with Crippen molar-refractivity contribution < 1.29 is 9.13 Å². The number of thiophene rings is 1. The van der Waals surface area contributed by atoms with Crippen LogP contribution >= 0.6 is 11.3 Å². The van der Waals surface area contributed by atoms with Gasteiger partial charge in [-0.25, -0.2) is 4.39 Å². The molecular weight excluding hydrogens is 299 g/mol. The molecule has 1 aromatic carbocycles. The lowest BCUT2D eigenvalue weighted by Gasteiger charge is -2.34. The normalized spacial score (nSPS) is 17.4. The quantitative estimate of drug-likeness (QED) is 0.936. The summed E-state index contributed by atoms with van der Waals surface area (Å²) >= 11 is 1.78. The number of nitrogens with zero attached hydrogens (tertiary/aromatic N) is 1. The maximum atomic E-state index is 14.1. The molecule has 1 aliphatic heterocycles. The van der Waals surface area contributed by atoms with E-state index in [0.717, 1.165) is 31.7 Å². The molecule has 0 bridgehead atoms. The van der Waals surface area contributed by atoms with Gasteiger partial charge >= 0.3 is 0 Å². The summed E-state index contributed by atoms with van der Waals surface area (Å²) < 4.78 is 19.2. The van der Waals surface area contributed by atoms with Gasteiger partial charge in [-0.2, -0.15) is 0 Å². The van der Waals surface area contributed by atoms with E-state index in [1.165, 1.54) is 16.9 Å². The summed E-state index contributed by atoms with van der Waals surface area (Å²) in [6.07, 6.45) is 0. The minimum Gasteiger partial charge on any atom is -0.494 e. The first-order valence-corrected chi connectivity index (χ1v) is 8.35. The smallest absolute Gasteiger partial charge is 0.165 e. The second-order valence-corrected chi connectivity index (χ2v) is 6.85. The highest BCUT2D eigenvalue weighted by Gasteiger charge is 2.25. The number of benzene rings is 1. The van der Waals surface area contributed by atoms with Gasteiger partial charge in [0.25, 0.3) is 0 Å². The molecule has 0 aliphatic carbocycles. The van der Waals surface area contributed by atoms with Gasteiger partial charge < -0.3 is 10.1 Å². The predicted octanol–water partition coefficient (Wildman–Crippen LogP) is 3.20. The van der Waals surface area contributed by atoms with Gasteiger partial charge in [0.05, 0.1) is 13.2 Å². The number of ether oxygens (including phenoxy) is 1. The van der Waals surface area contributed by atoms with Crippen LogP contribution in [0.25, 0.3) is 0 Å². The van der Waals surface area contributed by atoms with Gasteiger partial charge in [-0.1, -0.05) is 6.07 Å². The van der Waals surface area contributed by atoms with Crippen LogP contribution in [0.1, 0.15) is 21.4 Å². The third-order valence-electron chi connectivity index (χ3n) is 4.04. The zero-order chi connectivity index (χ0) is 15.5. The Morgan fingerprint density at radius 1 is 1.23 bits per heavy atom. The van der Waals surface area contributed by atoms with Gasteiger partial charge in [0, 0.05) is 35.9 Å². The Balaban J connectivity index is 1.98. The van der Waals surface area contributed by atoms with Crippen LogP contribution in [0.15, 0.2) is 30.3 Å². The fourth-order valence-corrected chi connectivity index (χ4v) is 3.99. The molecule has 5 heteroatoms. The van der Waals surface area contributed by atoms with E-state index in [0.29, 0.717) is 5.75 Å². The van der Waals surface area contributed by atoms with Crippen molar-refractivity contribution in [1.82, 2.24) is 10.2 Å². The fourth-order valence-electron chi connectivity index (χ4n) is 2.95. The van der Waals surface area contributed by atoms with E-state index in [-0.39, 0.29) is 11.9 Å². The summed E-state index contributed by atoms with van der Waals surface area (Å²) in [6, 6.07) is 9.72. The van der Waals surface area contributed by atoms with E-state index in [9.17, 15) is 4.39 Å². The summed E-state index contributed by atoms with van der Waals surface area (Å²) in [5, 5.41) is 3.38. The third-order valence-corrected chi connectivity index (χ3v) is 5.09. The number of hydrogen-bond donors (Lipinski definition) is 1. The van der Waals surface area contributed by atoms with Crippen molar-refractivity contribution in [2.45, 2.75) is 13.0 Å². The molecule has 1 N–H and O–H groups in total. The van der Waals surface area contributed by atoms with Crippen molar-refractivity contribution in [3.63, 3.8) is 0 Å². The number of aryl methyl sites for hydroxylation is 1. The average Bonchev–Trinajstić information content (AvgIpc) is 2.95. The van der Waals surface area contributed by atoms with Gasteiger partial charge in [0.2, 0.25) is 0 Å². The van der Waals surface area contributed by atoms with Gasteiger partial charge in [0.15, 0.2) is 11.6 Å². The molecule has 2 aromatic rings. The highest BCUT2D eigenvalue weighted by Crippen LogP contribution is 2.35. The Morgan fingerprint density at radius 2 is 2.00 bits per heavy atom. The first-order valence-electron chi connectivity index (χ1n) is 7.53. The molecule has 1 unspecified atom stereocenters. The summed E-state index contributed by atoms with van der Waals surface area (Å²) in [7, 11) is 1.49. The first kappa shape index (κ1) is 15.5. The number of piperazine rings is 1. The number of hydrogen-bond acceptors (Lipinski definition) is 4. The van der Waals surface area contributed by atoms with Crippen LogP contribution in [0.3, 0.4) is 0 Å². The Bertz CT molecular complexity index is 637. The van der Waals surface area contributed by atoms with E-state index in [1.54, 1.807) is 23.5 Å². The van der Waals surface area contributed by atoms with E-state index in [2.05, 4.69) is 29.3 Å². The Hall–Kier alpha value is -1.43. The van der Waals surface area contributed by atoms with Crippen LogP contribution in [0, 0.1) is 12.7 Å². The van der Waals surface area contributed by atoms with Crippen LogP contribution in [-0.4, -0.2) is 38.2 Å². The SMILES string of the molecule is COc1ccc(C(c2ccc(C)s2)N2CCNCC2)cc1F. The largest absolute Gasteiger partial charge is 0.494 e. The highest BCUT2D eigenvalue weighted by atomic mass is 32.1. The molecule has 1 fully saturated rings. The maximum Gasteiger partial charge on any atom is 0.165 e. The van der Waals surface area contributed by atoms with E-state index in [1.807, 2.05) is 6.07 Å². The van der Waals surface area contributed by atoms with Crippen LogP contribution < -0.4 is 10.1 Å². The fraction of sp³-hybridized carbons (Fsp3) is 0.412. The lowest BCUT2D eigenvalue weighted by atomic mass is 10.0. The van der Waals surface area contributed by atoms with Crippen molar-refractivity contribution >= 4 is 11.3 Å². The van der Waals surface area contributed by atoms with Gasteiger partial charge in [-0.15, -0.1) is 11.3 Å². The molecule has 0 radical (unpaired) electrons. The van der Waals surface area contributed by atoms with Crippen LogP contribution in [-0.2, 0) is 0 Å². The summed E-state index contributed by atoms with van der Waals surface area (Å²) in [5.74, 6) is -0.00131. The Kier molecular flexibility index (Phi) is 4.76. The molecule has 0 spiro atoms. The Morgan fingerprint density at radius 3 is 2.59 bits per heavy atom. The number of nitrogens with one attached hydrogen (secondary N) is 1. The molecule has 3 rings (SSSR count). The van der Waals surface area contributed by atoms with Crippen molar-refractivity contribution in [3.05, 3.63) is 51.5 Å². The number of methoxy groups -OCH3 is 1. The average molecular weight is 320 g/mol. The summed E-state index contributed by atoms with van der Waals surface area (Å²) in [4.78, 5) is 4.97. The van der Waals surface area contributed by atoms with Crippen LogP contribution in [0.5, 0.6) is 5.75 Å². The lowest BCUT2D eigenvalue weighted by molar-refractivity contribution is 0.200. The molecule has 0 amide bonds. The van der Waals surface area contributed by atoms with Gasteiger partial charge in [-0.05, 0) is 36.8 Å². The minimum absolute atomic E-state index is 0.112. The molecule has 1 atom stereocenters. The van der Waals surface area contributed by atoms with E-state index in [4.69, 9.17) is 4.74 Å². The second-order valence-electron chi connectivity index (χ2n) is 5.53. The Labute approximate surface area is 134 Å². The van der Waals surface area contributed by atoms with Crippen molar-refractivity contribution in [2.24, 2.45) is 0 Å². The second kappa shape index (κ2) is 6.77. The summed E-state index contributed by atoms with van der Waals surface area (Å²) in [6.45, 7) is 5.99. The molecule has 3 nitrogen and oxygen atoms in total. The summed E-state index contributed by atoms with van der Waals surface area (Å²) in [5.41, 5.74) is 0.988.